The van der Waals surface area contributed by atoms with Crippen LogP contribution < -0.4 is 5.73 Å². The summed E-state index contributed by atoms with van der Waals surface area (Å²) >= 11 is 0. The molecule has 3 heteroatoms. The first-order chi connectivity index (χ1) is 7.22. The van der Waals surface area contributed by atoms with E-state index in [1.54, 1.807) is 0 Å². The van der Waals surface area contributed by atoms with E-state index in [-0.39, 0.29) is 0 Å². The lowest BCUT2D eigenvalue weighted by Gasteiger charge is -2.17. The van der Waals surface area contributed by atoms with Gasteiger partial charge in [-0.3, -0.25) is 0 Å². The molecule has 2 N–H and O–H groups in total. The summed E-state index contributed by atoms with van der Waals surface area (Å²) in [6.45, 7) is 6.10. The molecule has 1 unspecified atom stereocenters. The molecule has 1 heterocycles. The van der Waals surface area contributed by atoms with E-state index in [1.165, 1.54) is 42.9 Å². The summed E-state index contributed by atoms with van der Waals surface area (Å²) in [5, 5.41) is 0. The Morgan fingerprint density at radius 3 is 2.87 bits per heavy atom. The normalized spacial score (nSPS) is 17.5. The van der Waals surface area contributed by atoms with Crippen molar-refractivity contribution in [2.75, 3.05) is 6.54 Å². The molecule has 0 amide bonds. The lowest BCUT2D eigenvalue weighted by atomic mass is 10.0. The van der Waals surface area contributed by atoms with Crippen molar-refractivity contribution in [1.29, 1.82) is 0 Å². The van der Waals surface area contributed by atoms with Gasteiger partial charge in [0, 0.05) is 12.2 Å². The zero-order valence-corrected chi connectivity index (χ0v) is 9.79. The van der Waals surface area contributed by atoms with Gasteiger partial charge in [-0.25, -0.2) is 4.98 Å². The predicted molar refractivity (Wildman–Crippen MR) is 61.8 cm³/mol. The van der Waals surface area contributed by atoms with E-state index in [2.05, 4.69) is 23.4 Å². The van der Waals surface area contributed by atoms with Gasteiger partial charge in [-0.1, -0.05) is 6.92 Å². The Hall–Kier alpha value is -0.830. The monoisotopic (exact) mass is 207 g/mol. The van der Waals surface area contributed by atoms with Gasteiger partial charge in [0.1, 0.15) is 5.82 Å². The highest BCUT2D eigenvalue weighted by molar-refractivity contribution is 5.19. The third kappa shape index (κ3) is 2.07. The van der Waals surface area contributed by atoms with Crippen molar-refractivity contribution < 1.29 is 0 Å². The van der Waals surface area contributed by atoms with Gasteiger partial charge in [-0.15, -0.1) is 0 Å². The fourth-order valence-electron chi connectivity index (χ4n) is 2.36. The third-order valence-electron chi connectivity index (χ3n) is 3.32. The van der Waals surface area contributed by atoms with Gasteiger partial charge in [0.25, 0.3) is 0 Å². The van der Waals surface area contributed by atoms with E-state index < -0.39 is 0 Å². The van der Waals surface area contributed by atoms with Gasteiger partial charge in [0.15, 0.2) is 0 Å². The molecule has 84 valence electrons. The van der Waals surface area contributed by atoms with Gasteiger partial charge >= 0.3 is 0 Å². The lowest BCUT2D eigenvalue weighted by Crippen LogP contribution is -2.20. The average molecular weight is 207 g/mol. The number of nitrogens with zero attached hydrogens (tertiary/aromatic N) is 2. The number of aromatic nitrogens is 2. The van der Waals surface area contributed by atoms with E-state index in [0.717, 1.165) is 13.1 Å². The van der Waals surface area contributed by atoms with Crippen LogP contribution in [0.3, 0.4) is 0 Å². The Morgan fingerprint density at radius 2 is 2.13 bits per heavy atom. The molecule has 0 aliphatic heterocycles. The first-order valence-electron chi connectivity index (χ1n) is 5.97. The molecule has 0 spiro atoms. The summed E-state index contributed by atoms with van der Waals surface area (Å²) in [5.41, 5.74) is 8.49. The van der Waals surface area contributed by atoms with Crippen molar-refractivity contribution in [3.63, 3.8) is 0 Å². The first kappa shape index (κ1) is 10.7. The molecule has 0 bridgehead atoms. The van der Waals surface area contributed by atoms with Crippen LogP contribution in [0, 0.1) is 12.8 Å². The standard InChI is InChI=1S/C12H21N3/c1-9(7-13)8-15-10(2)14-11-5-3-4-6-12(11)15/h9H,3-8,13H2,1-2H3. The molecule has 1 aliphatic carbocycles. The molecule has 1 aromatic heterocycles. The third-order valence-corrected chi connectivity index (χ3v) is 3.32. The van der Waals surface area contributed by atoms with E-state index in [9.17, 15) is 0 Å². The van der Waals surface area contributed by atoms with Crippen LogP contribution in [0.2, 0.25) is 0 Å². The molecule has 0 radical (unpaired) electrons. The quantitative estimate of drug-likeness (QED) is 0.819. The number of aryl methyl sites for hydroxylation is 2. The topological polar surface area (TPSA) is 43.8 Å². The molecule has 3 nitrogen and oxygen atoms in total. The molecule has 15 heavy (non-hydrogen) atoms. The summed E-state index contributed by atoms with van der Waals surface area (Å²) < 4.78 is 2.38. The maximum absolute atomic E-state index is 5.68. The zero-order valence-electron chi connectivity index (χ0n) is 9.79. The fourth-order valence-corrected chi connectivity index (χ4v) is 2.36. The highest BCUT2D eigenvalue weighted by Crippen LogP contribution is 2.22. The highest BCUT2D eigenvalue weighted by atomic mass is 15.1. The second-order valence-corrected chi connectivity index (χ2v) is 4.71. The first-order valence-corrected chi connectivity index (χ1v) is 5.97. The summed E-state index contributed by atoms with van der Waals surface area (Å²) in [5.74, 6) is 1.71. The van der Waals surface area contributed by atoms with Crippen LogP contribution in [0.4, 0.5) is 0 Å². The largest absolute Gasteiger partial charge is 0.332 e. The number of imidazole rings is 1. The average Bonchev–Trinajstić information content (AvgIpc) is 2.55. The number of fused-ring (bicyclic) bond motifs is 1. The molecule has 1 aliphatic rings. The van der Waals surface area contributed by atoms with Crippen LogP contribution in [-0.4, -0.2) is 16.1 Å². The molecule has 1 aromatic rings. The minimum absolute atomic E-state index is 0.545. The minimum atomic E-state index is 0.545. The van der Waals surface area contributed by atoms with Gasteiger partial charge in [-0.2, -0.15) is 0 Å². The van der Waals surface area contributed by atoms with E-state index >= 15 is 0 Å². The molecule has 2 rings (SSSR count). The summed E-state index contributed by atoms with van der Waals surface area (Å²) in [4.78, 5) is 4.66. The van der Waals surface area contributed by atoms with Crippen LogP contribution in [0.15, 0.2) is 0 Å². The maximum Gasteiger partial charge on any atom is 0.106 e. The molecular weight excluding hydrogens is 186 g/mol. The van der Waals surface area contributed by atoms with Crippen molar-refractivity contribution in [2.45, 2.75) is 46.1 Å². The van der Waals surface area contributed by atoms with E-state index in [4.69, 9.17) is 5.73 Å². The Bertz CT molecular complexity index is 341. The Morgan fingerprint density at radius 1 is 1.40 bits per heavy atom. The second-order valence-electron chi connectivity index (χ2n) is 4.71. The van der Waals surface area contributed by atoms with E-state index in [0.29, 0.717) is 5.92 Å². The van der Waals surface area contributed by atoms with Gasteiger partial charge in [0.2, 0.25) is 0 Å². The highest BCUT2D eigenvalue weighted by Gasteiger charge is 2.18. The van der Waals surface area contributed by atoms with Crippen LogP contribution in [-0.2, 0) is 19.4 Å². The molecular formula is C12H21N3. The predicted octanol–water partition coefficient (Wildman–Crippen LogP) is 1.67. The lowest BCUT2D eigenvalue weighted by molar-refractivity contribution is 0.467. The number of nitrogens with two attached hydrogens (primary N) is 1. The van der Waals surface area contributed by atoms with Gasteiger partial charge in [0.05, 0.1) is 5.69 Å². The summed E-state index contributed by atoms with van der Waals surface area (Å²) in [6, 6.07) is 0. The summed E-state index contributed by atoms with van der Waals surface area (Å²) in [7, 11) is 0. The molecule has 0 saturated heterocycles. The zero-order chi connectivity index (χ0) is 10.8. The van der Waals surface area contributed by atoms with Crippen molar-refractivity contribution in [3.05, 3.63) is 17.2 Å². The molecule has 0 saturated carbocycles. The maximum atomic E-state index is 5.68. The van der Waals surface area contributed by atoms with Crippen molar-refractivity contribution in [1.82, 2.24) is 9.55 Å². The smallest absolute Gasteiger partial charge is 0.106 e. The SMILES string of the molecule is Cc1nc2c(n1CC(C)CN)CCCC2. The van der Waals surface area contributed by atoms with Gasteiger partial charge < -0.3 is 10.3 Å². The number of hydrogen-bond donors (Lipinski definition) is 1. The van der Waals surface area contributed by atoms with Crippen molar-refractivity contribution in [2.24, 2.45) is 11.7 Å². The summed E-state index contributed by atoms with van der Waals surface area (Å²) in [6.07, 6.45) is 4.98. The Labute approximate surface area is 91.7 Å². The van der Waals surface area contributed by atoms with Crippen LogP contribution >= 0.6 is 0 Å². The molecule has 0 fully saturated rings. The Kier molecular flexibility index (Phi) is 3.10. The van der Waals surface area contributed by atoms with E-state index in [1.807, 2.05) is 0 Å². The van der Waals surface area contributed by atoms with Gasteiger partial charge in [-0.05, 0) is 45.1 Å². The second kappa shape index (κ2) is 4.35. The van der Waals surface area contributed by atoms with Crippen molar-refractivity contribution in [3.8, 4) is 0 Å². The van der Waals surface area contributed by atoms with Crippen LogP contribution in [0.1, 0.15) is 37.0 Å². The molecule has 0 aromatic carbocycles. The molecule has 1 atom stereocenters. The van der Waals surface area contributed by atoms with Crippen molar-refractivity contribution >= 4 is 0 Å². The number of hydrogen-bond acceptors (Lipinski definition) is 2. The fraction of sp³-hybridized carbons (Fsp3) is 0.750. The minimum Gasteiger partial charge on any atom is -0.332 e. The van der Waals surface area contributed by atoms with Crippen LogP contribution in [0.25, 0.3) is 0 Å². The van der Waals surface area contributed by atoms with Crippen LogP contribution in [0.5, 0.6) is 0 Å². The Balaban J connectivity index is 2.25. The number of rotatable bonds is 3.